The summed E-state index contributed by atoms with van der Waals surface area (Å²) in [5.74, 6) is 0. The van der Waals surface area contributed by atoms with Gasteiger partial charge in [-0.1, -0.05) is 36.4 Å². The monoisotopic (exact) mass is 405 g/mol. The van der Waals surface area contributed by atoms with Gasteiger partial charge in [0.2, 0.25) is 0 Å². The summed E-state index contributed by atoms with van der Waals surface area (Å²) in [4.78, 5) is 0. The van der Waals surface area contributed by atoms with Crippen molar-refractivity contribution in [3.63, 3.8) is 0 Å². The Kier molecular flexibility index (Phi) is 12.3. The Morgan fingerprint density at radius 2 is 1.28 bits per heavy atom. The summed E-state index contributed by atoms with van der Waals surface area (Å²) in [6.45, 7) is 0. The minimum absolute atomic E-state index is 0. The Bertz CT molecular complexity index is 709. The minimum Gasteiger partial charge on any atom is -0.358 e. The van der Waals surface area contributed by atoms with E-state index in [4.69, 9.17) is 0 Å². The van der Waals surface area contributed by atoms with Crippen LogP contribution >= 0.6 is 0 Å². The summed E-state index contributed by atoms with van der Waals surface area (Å²) < 4.78 is 0. The molecule has 0 heterocycles. The second-order valence-electron chi connectivity index (χ2n) is 5.54. The molecule has 2 aliphatic carbocycles. The van der Waals surface area contributed by atoms with E-state index in [9.17, 15) is 0 Å². The molecule has 1 fully saturated rings. The predicted molar refractivity (Wildman–Crippen MR) is 110 cm³/mol. The summed E-state index contributed by atoms with van der Waals surface area (Å²) >= 11 is 0. The Morgan fingerprint density at radius 1 is 0.800 bits per heavy atom. The summed E-state index contributed by atoms with van der Waals surface area (Å²) in [5, 5.41) is 5.39. The minimum atomic E-state index is 0. The zero-order valence-corrected chi connectivity index (χ0v) is 17.8. The van der Waals surface area contributed by atoms with Gasteiger partial charge in [0, 0.05) is 26.2 Å². The van der Waals surface area contributed by atoms with Crippen LogP contribution in [0.2, 0.25) is 0 Å². The second-order valence-corrected chi connectivity index (χ2v) is 5.54. The van der Waals surface area contributed by atoms with Crippen molar-refractivity contribution in [1.82, 2.24) is 0 Å². The normalized spacial score (nSPS) is 13.1. The van der Waals surface area contributed by atoms with Gasteiger partial charge in [0.1, 0.15) is 0 Å². The van der Waals surface area contributed by atoms with Crippen LogP contribution in [0.5, 0.6) is 0 Å². The van der Waals surface area contributed by atoms with E-state index in [1.54, 1.807) is 0 Å². The van der Waals surface area contributed by atoms with E-state index in [2.05, 4.69) is 73.2 Å². The first-order chi connectivity index (χ1) is 10.9. The van der Waals surface area contributed by atoms with Gasteiger partial charge in [-0.15, -0.1) is 52.6 Å². The van der Waals surface area contributed by atoms with Gasteiger partial charge in [-0.05, 0) is 0 Å². The third-order valence-electron chi connectivity index (χ3n) is 3.93. The molecule has 25 heavy (non-hydrogen) atoms. The van der Waals surface area contributed by atoms with Crippen LogP contribution < -0.4 is 0 Å². The summed E-state index contributed by atoms with van der Waals surface area (Å²) in [5.41, 5.74) is 0. The fourth-order valence-electron chi connectivity index (χ4n) is 2.45. The molecule has 0 radical (unpaired) electrons. The number of hydrogen-bond donors (Lipinski definition) is 0. The number of hydrogen-bond acceptors (Lipinski definition) is 0. The maximum atomic E-state index is 2.99. The number of fused-ring (bicyclic) bond motifs is 3. The predicted octanol–water partition coefficient (Wildman–Crippen LogP) is 7.29. The molecule has 0 unspecified atom stereocenters. The molecule has 0 atom stereocenters. The van der Waals surface area contributed by atoms with Gasteiger partial charge in [0.25, 0.3) is 0 Å². The van der Waals surface area contributed by atoms with Gasteiger partial charge in [-0.25, -0.2) is 12.2 Å². The van der Waals surface area contributed by atoms with E-state index >= 15 is 0 Å². The van der Waals surface area contributed by atoms with E-state index in [1.807, 2.05) is 12.2 Å². The molecule has 5 rings (SSSR count). The molecule has 0 amide bonds. The largest absolute Gasteiger partial charge is 0.358 e. The Hall–Kier alpha value is -1.33. The molecule has 0 aliphatic heterocycles. The van der Waals surface area contributed by atoms with Crippen molar-refractivity contribution in [1.29, 1.82) is 0 Å². The molecule has 1 heteroatoms. The van der Waals surface area contributed by atoms with E-state index < -0.39 is 0 Å². The zero-order chi connectivity index (χ0) is 15.0. The van der Waals surface area contributed by atoms with Crippen molar-refractivity contribution in [2.24, 2.45) is 0 Å². The molecular weight excluding hydrogens is 379 g/mol. The molecule has 0 saturated heterocycles. The van der Waals surface area contributed by atoms with Crippen LogP contribution in [0.25, 0.3) is 21.5 Å². The Balaban J connectivity index is 0.000000406. The first-order valence-electron chi connectivity index (χ1n) is 8.02. The molecular formula is C24H27Zr-5. The SMILES string of the molecule is [C-]1=CC=CC1.[CH-]1CCC1.[CH3-].[CH3-].[Zr].c1ccc2c(c1)[cH-]c1ccccc12. The molecule has 2 aliphatic rings. The standard InChI is InChI=1S/C13H9.C5H5.C4H7.2CH3.Zr/c1-3-7-12-10(5-1)9-11-6-2-4-8-13(11)12;1-2-4-5-3-1;1-2-4-3-1;;;/h1-9H;1-3H,4H2;1H,2-4H2;2*1H3;/q5*-1;. The number of allylic oxidation sites excluding steroid dienone is 4. The topological polar surface area (TPSA) is 0 Å². The van der Waals surface area contributed by atoms with E-state index in [0.29, 0.717) is 0 Å². The van der Waals surface area contributed by atoms with Gasteiger partial charge in [-0.3, -0.25) is 6.08 Å². The molecule has 1 saturated carbocycles. The first kappa shape index (κ1) is 23.7. The molecule has 0 nitrogen and oxygen atoms in total. The van der Waals surface area contributed by atoms with Crippen LogP contribution in [-0.4, -0.2) is 0 Å². The van der Waals surface area contributed by atoms with Crippen molar-refractivity contribution >= 4 is 21.5 Å². The quantitative estimate of drug-likeness (QED) is 0.344. The van der Waals surface area contributed by atoms with Crippen LogP contribution in [0, 0.1) is 27.4 Å². The van der Waals surface area contributed by atoms with Gasteiger partial charge in [0.05, 0.1) is 0 Å². The molecule has 3 aromatic rings. The third-order valence-corrected chi connectivity index (χ3v) is 3.93. The van der Waals surface area contributed by atoms with Gasteiger partial charge in [-0.2, -0.15) is 18.9 Å². The first-order valence-corrected chi connectivity index (χ1v) is 8.02. The molecule has 0 bridgehead atoms. The molecule has 3 aromatic carbocycles. The van der Waals surface area contributed by atoms with E-state index in [0.717, 1.165) is 6.42 Å². The molecule has 0 spiro atoms. The van der Waals surface area contributed by atoms with Crippen LogP contribution in [-0.2, 0) is 26.2 Å². The van der Waals surface area contributed by atoms with Crippen LogP contribution in [0.1, 0.15) is 25.7 Å². The molecule has 132 valence electrons. The van der Waals surface area contributed by atoms with Crippen LogP contribution in [0.15, 0.2) is 72.8 Å². The Morgan fingerprint density at radius 3 is 1.60 bits per heavy atom. The van der Waals surface area contributed by atoms with Crippen LogP contribution in [0.4, 0.5) is 0 Å². The molecule has 0 N–H and O–H groups in total. The summed E-state index contributed by atoms with van der Waals surface area (Å²) in [6, 6.07) is 19.3. The smallest absolute Gasteiger partial charge is 0 e. The van der Waals surface area contributed by atoms with E-state index in [-0.39, 0.29) is 41.1 Å². The average Bonchev–Trinajstić information content (AvgIpc) is 3.17. The molecule has 0 aromatic heterocycles. The fraction of sp³-hybridized carbons (Fsp3) is 0.167. The van der Waals surface area contributed by atoms with Gasteiger partial charge in [0.15, 0.2) is 0 Å². The van der Waals surface area contributed by atoms with Crippen molar-refractivity contribution in [3.8, 4) is 0 Å². The third kappa shape index (κ3) is 6.83. The van der Waals surface area contributed by atoms with Crippen LogP contribution in [0.3, 0.4) is 0 Å². The van der Waals surface area contributed by atoms with Crippen molar-refractivity contribution in [3.05, 3.63) is 100 Å². The maximum Gasteiger partial charge on any atom is 0 e. The number of rotatable bonds is 0. The van der Waals surface area contributed by atoms with E-state index in [1.165, 1.54) is 40.8 Å². The summed E-state index contributed by atoms with van der Waals surface area (Å²) in [7, 11) is 0. The Labute approximate surface area is 173 Å². The van der Waals surface area contributed by atoms with Gasteiger partial charge < -0.3 is 21.3 Å². The second kappa shape index (κ2) is 13.0. The summed E-state index contributed by atoms with van der Waals surface area (Å²) in [6.07, 6.45) is 16.5. The fourth-order valence-corrected chi connectivity index (χ4v) is 2.45. The average molecular weight is 407 g/mol. The van der Waals surface area contributed by atoms with Crippen molar-refractivity contribution < 1.29 is 26.2 Å². The van der Waals surface area contributed by atoms with Crippen molar-refractivity contribution in [2.45, 2.75) is 25.7 Å². The zero-order valence-electron chi connectivity index (χ0n) is 15.3. The number of benzene rings is 2. The van der Waals surface area contributed by atoms with Gasteiger partial charge >= 0.3 is 0 Å². The van der Waals surface area contributed by atoms with Crippen molar-refractivity contribution in [2.75, 3.05) is 0 Å². The maximum absolute atomic E-state index is 2.99.